The summed E-state index contributed by atoms with van der Waals surface area (Å²) in [5.41, 5.74) is 15.6. The summed E-state index contributed by atoms with van der Waals surface area (Å²) < 4.78 is 0.984. The summed E-state index contributed by atoms with van der Waals surface area (Å²) in [7, 11) is 0. The van der Waals surface area contributed by atoms with Crippen LogP contribution in [-0.4, -0.2) is 5.91 Å². The number of halogens is 1. The van der Waals surface area contributed by atoms with Crippen molar-refractivity contribution in [3.8, 4) is 0 Å². The van der Waals surface area contributed by atoms with Crippen LogP contribution >= 0.6 is 15.9 Å². The predicted octanol–water partition coefficient (Wildman–Crippen LogP) is 3.48. The second-order valence-electron chi connectivity index (χ2n) is 4.72. The van der Waals surface area contributed by atoms with Crippen LogP contribution in [0.3, 0.4) is 0 Å². The van der Waals surface area contributed by atoms with Gasteiger partial charge in [0.05, 0.1) is 5.56 Å². The van der Waals surface area contributed by atoms with E-state index < -0.39 is 0 Å². The van der Waals surface area contributed by atoms with E-state index in [0.29, 0.717) is 16.9 Å². The van der Waals surface area contributed by atoms with E-state index in [2.05, 4.69) is 21.2 Å². The third-order valence-electron chi connectivity index (χ3n) is 3.06. The zero-order valence-electron chi connectivity index (χ0n) is 11.3. The number of hydrogen-bond acceptors (Lipinski definition) is 3. The Labute approximate surface area is 126 Å². The van der Waals surface area contributed by atoms with Crippen molar-refractivity contribution in [2.24, 2.45) is 0 Å². The summed E-state index contributed by atoms with van der Waals surface area (Å²) in [5.74, 6) is -0.240. The second kappa shape index (κ2) is 5.54. The number of nitrogens with one attached hydrogen (secondary N) is 1. The predicted molar refractivity (Wildman–Crippen MR) is 86.8 cm³/mol. The lowest BCUT2D eigenvalue weighted by Crippen LogP contribution is -2.15. The maximum Gasteiger partial charge on any atom is 0.257 e. The zero-order chi connectivity index (χ0) is 14.9. The first-order valence-electron chi connectivity index (χ1n) is 6.11. The molecule has 1 amide bonds. The summed E-state index contributed by atoms with van der Waals surface area (Å²) in [4.78, 5) is 12.3. The number of amides is 1. The van der Waals surface area contributed by atoms with Crippen LogP contribution in [0.25, 0.3) is 0 Å². The van der Waals surface area contributed by atoms with Crippen molar-refractivity contribution in [2.75, 3.05) is 16.8 Å². The Bertz CT molecular complexity index is 660. The van der Waals surface area contributed by atoms with Gasteiger partial charge in [-0.05, 0) is 55.3 Å². The third kappa shape index (κ3) is 2.93. The van der Waals surface area contributed by atoms with Crippen LogP contribution in [0.1, 0.15) is 21.5 Å². The quantitative estimate of drug-likeness (QED) is 0.736. The molecule has 0 aromatic heterocycles. The fourth-order valence-corrected chi connectivity index (χ4v) is 2.76. The van der Waals surface area contributed by atoms with E-state index in [9.17, 15) is 4.79 Å². The van der Waals surface area contributed by atoms with Gasteiger partial charge in [-0.3, -0.25) is 4.79 Å². The number of nitrogens with two attached hydrogens (primary N) is 2. The summed E-state index contributed by atoms with van der Waals surface area (Å²) in [6.45, 7) is 3.89. The molecule has 0 fully saturated rings. The number of benzene rings is 2. The standard InChI is InChI=1S/C15H16BrN3O/c1-8-5-10(16)6-9(2)14(8)19-15(20)12-4-3-11(17)7-13(12)18/h3-7H,17-18H2,1-2H3,(H,19,20). The molecule has 0 aliphatic heterocycles. The minimum atomic E-state index is -0.240. The van der Waals surface area contributed by atoms with Crippen molar-refractivity contribution >= 4 is 38.9 Å². The molecule has 0 saturated heterocycles. The van der Waals surface area contributed by atoms with Crippen molar-refractivity contribution in [1.29, 1.82) is 0 Å². The molecule has 0 aliphatic rings. The van der Waals surface area contributed by atoms with Crippen molar-refractivity contribution in [3.05, 3.63) is 51.5 Å². The Balaban J connectivity index is 2.33. The van der Waals surface area contributed by atoms with Gasteiger partial charge in [-0.2, -0.15) is 0 Å². The van der Waals surface area contributed by atoms with Crippen LogP contribution < -0.4 is 16.8 Å². The minimum absolute atomic E-state index is 0.240. The highest BCUT2D eigenvalue weighted by molar-refractivity contribution is 9.10. The molecule has 0 bridgehead atoms. The fraction of sp³-hybridized carbons (Fsp3) is 0.133. The molecule has 0 heterocycles. The monoisotopic (exact) mass is 333 g/mol. The van der Waals surface area contributed by atoms with Gasteiger partial charge in [0.2, 0.25) is 0 Å². The average Bonchev–Trinajstić information content (AvgIpc) is 2.33. The van der Waals surface area contributed by atoms with E-state index >= 15 is 0 Å². The number of anilines is 3. The maximum absolute atomic E-state index is 12.3. The number of carbonyl (C=O) groups is 1. The van der Waals surface area contributed by atoms with Crippen molar-refractivity contribution in [2.45, 2.75) is 13.8 Å². The topological polar surface area (TPSA) is 81.1 Å². The van der Waals surface area contributed by atoms with Gasteiger partial charge in [-0.15, -0.1) is 0 Å². The summed E-state index contributed by atoms with van der Waals surface area (Å²) in [6, 6.07) is 8.77. The molecule has 0 aliphatic carbocycles. The van der Waals surface area contributed by atoms with E-state index in [1.54, 1.807) is 18.2 Å². The van der Waals surface area contributed by atoms with E-state index in [1.165, 1.54) is 0 Å². The maximum atomic E-state index is 12.3. The number of rotatable bonds is 2. The number of hydrogen-bond donors (Lipinski definition) is 3. The molecule has 2 aromatic rings. The summed E-state index contributed by atoms with van der Waals surface area (Å²) in [6.07, 6.45) is 0. The molecule has 2 aromatic carbocycles. The van der Waals surface area contributed by atoms with Gasteiger partial charge < -0.3 is 16.8 Å². The molecule has 4 nitrogen and oxygen atoms in total. The van der Waals surface area contributed by atoms with Gasteiger partial charge in [-0.1, -0.05) is 15.9 Å². The van der Waals surface area contributed by atoms with E-state index in [-0.39, 0.29) is 5.91 Å². The van der Waals surface area contributed by atoms with E-state index in [1.807, 2.05) is 26.0 Å². The lowest BCUT2D eigenvalue weighted by atomic mass is 10.1. The van der Waals surface area contributed by atoms with Gasteiger partial charge in [0.15, 0.2) is 0 Å². The average molecular weight is 334 g/mol. The third-order valence-corrected chi connectivity index (χ3v) is 3.51. The molecule has 20 heavy (non-hydrogen) atoms. The highest BCUT2D eigenvalue weighted by Crippen LogP contribution is 2.26. The Morgan fingerprint density at radius 1 is 1.10 bits per heavy atom. The molecule has 0 radical (unpaired) electrons. The second-order valence-corrected chi connectivity index (χ2v) is 5.63. The first kappa shape index (κ1) is 14.4. The van der Waals surface area contributed by atoms with Crippen LogP contribution in [0, 0.1) is 13.8 Å². The Morgan fingerprint density at radius 2 is 1.70 bits per heavy atom. The molecule has 0 atom stereocenters. The normalized spacial score (nSPS) is 10.3. The van der Waals surface area contributed by atoms with Gasteiger partial charge in [0.25, 0.3) is 5.91 Å². The molecule has 0 unspecified atom stereocenters. The van der Waals surface area contributed by atoms with Crippen LogP contribution in [0.15, 0.2) is 34.8 Å². The molecular weight excluding hydrogens is 318 g/mol. The van der Waals surface area contributed by atoms with Crippen LogP contribution in [-0.2, 0) is 0 Å². The number of carbonyl (C=O) groups excluding carboxylic acids is 1. The minimum Gasteiger partial charge on any atom is -0.399 e. The van der Waals surface area contributed by atoms with Gasteiger partial charge in [-0.25, -0.2) is 0 Å². The smallest absolute Gasteiger partial charge is 0.257 e. The SMILES string of the molecule is Cc1cc(Br)cc(C)c1NC(=O)c1ccc(N)cc1N. The summed E-state index contributed by atoms with van der Waals surface area (Å²) >= 11 is 3.43. The molecule has 0 saturated carbocycles. The molecule has 5 heteroatoms. The number of nitrogen functional groups attached to an aromatic ring is 2. The van der Waals surface area contributed by atoms with Gasteiger partial charge >= 0.3 is 0 Å². The summed E-state index contributed by atoms with van der Waals surface area (Å²) in [5, 5.41) is 2.90. The number of aryl methyl sites for hydroxylation is 2. The first-order chi connectivity index (χ1) is 9.38. The Hall–Kier alpha value is -2.01. The van der Waals surface area contributed by atoms with Crippen LogP contribution in [0.4, 0.5) is 17.1 Å². The highest BCUT2D eigenvalue weighted by atomic mass is 79.9. The molecule has 5 N–H and O–H groups in total. The molecular formula is C15H16BrN3O. The fourth-order valence-electron chi connectivity index (χ4n) is 2.08. The van der Waals surface area contributed by atoms with Gasteiger partial charge in [0.1, 0.15) is 0 Å². The first-order valence-corrected chi connectivity index (χ1v) is 6.91. The Kier molecular flexibility index (Phi) is 3.99. The van der Waals surface area contributed by atoms with E-state index in [4.69, 9.17) is 11.5 Å². The molecule has 0 spiro atoms. The molecule has 104 valence electrons. The van der Waals surface area contributed by atoms with Crippen molar-refractivity contribution < 1.29 is 4.79 Å². The molecule has 2 rings (SSSR count). The Morgan fingerprint density at radius 3 is 2.25 bits per heavy atom. The zero-order valence-corrected chi connectivity index (χ0v) is 12.9. The van der Waals surface area contributed by atoms with Crippen LogP contribution in [0.5, 0.6) is 0 Å². The lowest BCUT2D eigenvalue weighted by Gasteiger charge is -2.13. The van der Waals surface area contributed by atoms with Gasteiger partial charge in [0, 0.05) is 21.5 Å². The largest absolute Gasteiger partial charge is 0.399 e. The van der Waals surface area contributed by atoms with Crippen molar-refractivity contribution in [3.63, 3.8) is 0 Å². The van der Waals surface area contributed by atoms with E-state index in [0.717, 1.165) is 21.3 Å². The lowest BCUT2D eigenvalue weighted by molar-refractivity contribution is 0.102. The van der Waals surface area contributed by atoms with Crippen LogP contribution in [0.2, 0.25) is 0 Å². The highest BCUT2D eigenvalue weighted by Gasteiger charge is 2.13. The van der Waals surface area contributed by atoms with Crippen molar-refractivity contribution in [1.82, 2.24) is 0 Å².